The smallest absolute Gasteiger partial charge is 0.343 e. The van der Waals surface area contributed by atoms with Gasteiger partial charge in [-0.05, 0) is 20.3 Å². The Balaban J connectivity index is 3.53. The Morgan fingerprint density at radius 1 is 1.00 bits per heavy atom. The third kappa shape index (κ3) is 4.62. The van der Waals surface area contributed by atoms with Crippen molar-refractivity contribution in [2.75, 3.05) is 19.0 Å². The van der Waals surface area contributed by atoms with Gasteiger partial charge in [0.15, 0.2) is 15.6 Å². The number of rotatable bonds is 8. The lowest BCUT2D eigenvalue weighted by atomic mass is 9.96. The van der Waals surface area contributed by atoms with E-state index in [0.717, 1.165) is 0 Å². The third-order valence-corrected chi connectivity index (χ3v) is 5.09. The minimum absolute atomic E-state index is 0.0655. The van der Waals surface area contributed by atoms with Crippen molar-refractivity contribution >= 4 is 33.3 Å². The predicted octanol–water partition coefficient (Wildman–Crippen LogP) is 0.660. The highest BCUT2D eigenvalue weighted by atomic mass is 32.2. The van der Waals surface area contributed by atoms with Gasteiger partial charge >= 0.3 is 11.9 Å². The molecule has 0 heterocycles. The van der Waals surface area contributed by atoms with Gasteiger partial charge in [-0.15, -0.1) is 0 Å². The molecule has 0 radical (unpaired) electrons. The molecule has 0 aromatic carbocycles. The second-order valence-corrected chi connectivity index (χ2v) is 7.11. The maximum atomic E-state index is 12.6. The lowest BCUT2D eigenvalue weighted by molar-refractivity contribution is -0.142. The summed E-state index contributed by atoms with van der Waals surface area (Å²) in [5.74, 6) is -5.06. The van der Waals surface area contributed by atoms with Crippen LogP contribution in [0.5, 0.6) is 0 Å². The molecule has 0 spiro atoms. The normalized spacial score (nSPS) is 15.1. The summed E-state index contributed by atoms with van der Waals surface area (Å²) in [5, 5.41) is 0. The minimum Gasteiger partial charge on any atom is -0.462 e. The average Bonchev–Trinajstić information content (AvgIpc) is 2.54. The van der Waals surface area contributed by atoms with Gasteiger partial charge in [-0.3, -0.25) is 9.59 Å². The van der Waals surface area contributed by atoms with Gasteiger partial charge in [-0.2, -0.15) is 0 Å². The molecule has 0 aromatic heterocycles. The molecule has 0 amide bonds. The van der Waals surface area contributed by atoms with Crippen LogP contribution in [0.3, 0.4) is 0 Å². The van der Waals surface area contributed by atoms with Crippen LogP contribution in [0.1, 0.15) is 33.6 Å². The fourth-order valence-electron chi connectivity index (χ4n) is 2.11. The van der Waals surface area contributed by atoms with Gasteiger partial charge in [0, 0.05) is 6.08 Å². The van der Waals surface area contributed by atoms with Crippen molar-refractivity contribution in [3.8, 4) is 0 Å². The molecule has 1 aliphatic carbocycles. The summed E-state index contributed by atoms with van der Waals surface area (Å²) in [6.07, 6.45) is 1.36. The molecule has 0 atom stereocenters. The molecule has 0 saturated heterocycles. The summed E-state index contributed by atoms with van der Waals surface area (Å²) in [7, 11) is -4.26. The van der Waals surface area contributed by atoms with E-state index in [1.165, 1.54) is 13.8 Å². The fourth-order valence-corrected chi connectivity index (χ4v) is 3.87. The number of allylic oxidation sites excluding steroid dienone is 2. The number of unbranched alkanes of at least 4 members (excludes halogenated alkanes) is 1. The topological polar surface area (TPSA) is 121 Å². The van der Waals surface area contributed by atoms with Crippen LogP contribution in [0.15, 0.2) is 22.1 Å². The molecule has 25 heavy (non-hydrogen) atoms. The quantitative estimate of drug-likeness (QED) is 0.346. The zero-order valence-corrected chi connectivity index (χ0v) is 15.1. The zero-order valence-electron chi connectivity index (χ0n) is 14.3. The Morgan fingerprint density at radius 3 is 2.08 bits per heavy atom. The Morgan fingerprint density at radius 2 is 1.56 bits per heavy atom. The first-order chi connectivity index (χ1) is 11.7. The van der Waals surface area contributed by atoms with Gasteiger partial charge in [0.25, 0.3) is 0 Å². The minimum atomic E-state index is -4.26. The molecule has 0 bridgehead atoms. The maximum absolute atomic E-state index is 12.6. The van der Waals surface area contributed by atoms with Gasteiger partial charge in [0.1, 0.15) is 16.1 Å². The van der Waals surface area contributed by atoms with E-state index in [2.05, 4.69) is 4.74 Å². The van der Waals surface area contributed by atoms with Crippen LogP contribution in [0.4, 0.5) is 0 Å². The lowest BCUT2D eigenvalue weighted by Gasteiger charge is -2.17. The first-order valence-corrected chi connectivity index (χ1v) is 9.48. The highest BCUT2D eigenvalue weighted by Gasteiger charge is 2.42. The number of hydrogen-bond acceptors (Lipinski definition) is 8. The lowest BCUT2D eigenvalue weighted by Crippen LogP contribution is -2.33. The molecule has 0 fully saturated rings. The van der Waals surface area contributed by atoms with E-state index in [9.17, 15) is 27.6 Å². The van der Waals surface area contributed by atoms with Gasteiger partial charge in [-0.25, -0.2) is 18.0 Å². The molecule has 138 valence electrons. The van der Waals surface area contributed by atoms with Crippen molar-refractivity contribution in [3.63, 3.8) is 0 Å². The number of ketones is 2. The van der Waals surface area contributed by atoms with Gasteiger partial charge in [0.2, 0.25) is 5.78 Å². The second kappa shape index (κ2) is 8.70. The average molecular weight is 372 g/mol. The van der Waals surface area contributed by atoms with E-state index < -0.39 is 55.1 Å². The molecule has 8 nitrogen and oxygen atoms in total. The number of sulfone groups is 1. The third-order valence-electron chi connectivity index (χ3n) is 3.25. The summed E-state index contributed by atoms with van der Waals surface area (Å²) in [5.41, 5.74) is -1.58. The van der Waals surface area contributed by atoms with Gasteiger partial charge in [0.05, 0.1) is 19.0 Å². The van der Waals surface area contributed by atoms with Crippen LogP contribution < -0.4 is 0 Å². The van der Waals surface area contributed by atoms with Crippen LogP contribution in [-0.4, -0.2) is 50.9 Å². The summed E-state index contributed by atoms with van der Waals surface area (Å²) >= 11 is 0. The van der Waals surface area contributed by atoms with E-state index in [-0.39, 0.29) is 19.6 Å². The van der Waals surface area contributed by atoms with E-state index >= 15 is 0 Å². The standard InChI is InChI=1S/C16H20O8S/c1-4-7-8-25(21,22)14-12(16(20)24-6-3)11(17)9-10(13(14)18)15(19)23-5-2/h9H,4-8H2,1-3H3. The highest BCUT2D eigenvalue weighted by molar-refractivity contribution is 7.96. The largest absolute Gasteiger partial charge is 0.462 e. The van der Waals surface area contributed by atoms with Crippen LogP contribution in [0.25, 0.3) is 0 Å². The fraction of sp³-hybridized carbons (Fsp3) is 0.500. The van der Waals surface area contributed by atoms with E-state index in [1.807, 2.05) is 0 Å². The monoisotopic (exact) mass is 372 g/mol. The summed E-state index contributed by atoms with van der Waals surface area (Å²) in [6, 6.07) is 0. The van der Waals surface area contributed by atoms with E-state index in [4.69, 9.17) is 4.74 Å². The number of esters is 2. The van der Waals surface area contributed by atoms with Crippen molar-refractivity contribution in [1.29, 1.82) is 0 Å². The maximum Gasteiger partial charge on any atom is 0.343 e. The molecule has 0 unspecified atom stereocenters. The molecule has 1 aliphatic rings. The number of hydrogen-bond donors (Lipinski definition) is 0. The molecule has 9 heteroatoms. The van der Waals surface area contributed by atoms with Crippen LogP contribution in [0.2, 0.25) is 0 Å². The summed E-state index contributed by atoms with van der Waals surface area (Å²) in [4.78, 5) is 47.7. The number of carbonyl (C=O) groups excluding carboxylic acids is 4. The van der Waals surface area contributed by atoms with Crippen molar-refractivity contribution in [3.05, 3.63) is 22.1 Å². The van der Waals surface area contributed by atoms with Crippen molar-refractivity contribution in [1.82, 2.24) is 0 Å². The molecule has 1 rings (SSSR count). The summed E-state index contributed by atoms with van der Waals surface area (Å²) in [6.45, 7) is 4.53. The Bertz CT molecular complexity index is 755. The molecular weight excluding hydrogens is 352 g/mol. The van der Waals surface area contributed by atoms with Gasteiger partial charge < -0.3 is 9.47 Å². The zero-order chi connectivity index (χ0) is 19.2. The number of carbonyl (C=O) groups is 4. The van der Waals surface area contributed by atoms with Gasteiger partial charge in [-0.1, -0.05) is 13.3 Å². The molecule has 0 N–H and O–H groups in total. The van der Waals surface area contributed by atoms with E-state index in [1.54, 1.807) is 6.92 Å². The van der Waals surface area contributed by atoms with Crippen LogP contribution in [-0.2, 0) is 38.5 Å². The predicted molar refractivity (Wildman–Crippen MR) is 87.1 cm³/mol. The van der Waals surface area contributed by atoms with Crippen LogP contribution >= 0.6 is 0 Å². The first-order valence-electron chi connectivity index (χ1n) is 7.83. The van der Waals surface area contributed by atoms with Crippen molar-refractivity contribution < 1.29 is 37.1 Å². The number of Topliss-reactive ketones (excluding diaryl/α,β-unsaturated/α-hetero) is 1. The Kier molecular flexibility index (Phi) is 7.22. The molecule has 0 saturated carbocycles. The Labute approximate surface area is 145 Å². The molecule has 0 aliphatic heterocycles. The molecule has 0 aromatic rings. The number of ether oxygens (including phenoxy) is 2. The van der Waals surface area contributed by atoms with E-state index in [0.29, 0.717) is 12.5 Å². The summed E-state index contributed by atoms with van der Waals surface area (Å²) < 4.78 is 34.4. The molecular formula is C16H20O8S. The highest BCUT2D eigenvalue weighted by Crippen LogP contribution is 2.27. The first kappa shape index (κ1) is 20.8. The Hall–Kier alpha value is -2.29. The van der Waals surface area contributed by atoms with Crippen molar-refractivity contribution in [2.45, 2.75) is 33.6 Å². The van der Waals surface area contributed by atoms with Crippen molar-refractivity contribution in [2.24, 2.45) is 0 Å². The second-order valence-electron chi connectivity index (χ2n) is 5.07. The van der Waals surface area contributed by atoms with Crippen LogP contribution in [0, 0.1) is 0 Å². The SMILES string of the molecule is CCCCS(=O)(=O)C1=C(C(=O)OCC)C(=O)C=C(C(=O)OCC)C1=O.